The molecule has 4 atom stereocenters. The zero-order valence-corrected chi connectivity index (χ0v) is 6.93. The standard InChI is InChI=1S/C8H15NO3/c10-6-4-9-3-1-2-5(9)7(11)8(6)12/h5-8,10-12H,1-4H2/t5-,6+,7+,8-/m1/s1. The average Bonchev–Trinajstić information content (AvgIpc) is 2.48. The Morgan fingerprint density at radius 3 is 2.58 bits per heavy atom. The van der Waals surface area contributed by atoms with Gasteiger partial charge in [0.15, 0.2) is 0 Å². The van der Waals surface area contributed by atoms with Crippen LogP contribution in [0.1, 0.15) is 12.8 Å². The monoisotopic (exact) mass is 173 g/mol. The van der Waals surface area contributed by atoms with E-state index in [1.165, 1.54) is 0 Å². The van der Waals surface area contributed by atoms with Gasteiger partial charge in [0.2, 0.25) is 0 Å². The van der Waals surface area contributed by atoms with Crippen molar-refractivity contribution in [2.24, 2.45) is 0 Å². The minimum Gasteiger partial charge on any atom is -0.389 e. The van der Waals surface area contributed by atoms with Gasteiger partial charge in [0.25, 0.3) is 0 Å². The van der Waals surface area contributed by atoms with Crippen LogP contribution in [0.25, 0.3) is 0 Å². The normalized spacial score (nSPS) is 49.2. The van der Waals surface area contributed by atoms with Gasteiger partial charge >= 0.3 is 0 Å². The second kappa shape index (κ2) is 2.96. The molecule has 0 amide bonds. The molecule has 3 N–H and O–H groups in total. The molecular formula is C8H15NO3. The van der Waals surface area contributed by atoms with Crippen molar-refractivity contribution in [2.45, 2.75) is 37.2 Å². The second-order valence-corrected chi connectivity index (χ2v) is 3.75. The van der Waals surface area contributed by atoms with Crippen LogP contribution < -0.4 is 0 Å². The van der Waals surface area contributed by atoms with E-state index in [1.54, 1.807) is 0 Å². The lowest BCUT2D eigenvalue weighted by molar-refractivity contribution is -0.127. The first kappa shape index (κ1) is 8.44. The number of fused-ring (bicyclic) bond motifs is 1. The predicted molar refractivity (Wildman–Crippen MR) is 42.6 cm³/mol. The third kappa shape index (κ3) is 1.15. The Morgan fingerprint density at radius 2 is 1.83 bits per heavy atom. The van der Waals surface area contributed by atoms with Gasteiger partial charge in [-0.15, -0.1) is 0 Å². The lowest BCUT2D eigenvalue weighted by Crippen LogP contribution is -2.58. The summed E-state index contributed by atoms with van der Waals surface area (Å²) in [5.41, 5.74) is 0. The molecule has 4 heteroatoms. The number of nitrogens with zero attached hydrogens (tertiary/aromatic N) is 1. The molecule has 4 nitrogen and oxygen atoms in total. The predicted octanol–water partition coefficient (Wildman–Crippen LogP) is -1.45. The smallest absolute Gasteiger partial charge is 0.108 e. The molecule has 0 unspecified atom stereocenters. The van der Waals surface area contributed by atoms with Crippen molar-refractivity contribution in [2.75, 3.05) is 13.1 Å². The van der Waals surface area contributed by atoms with Crippen LogP contribution in [0.3, 0.4) is 0 Å². The van der Waals surface area contributed by atoms with E-state index < -0.39 is 18.3 Å². The number of rotatable bonds is 0. The molecule has 2 saturated heterocycles. The highest BCUT2D eigenvalue weighted by atomic mass is 16.4. The Morgan fingerprint density at radius 1 is 1.08 bits per heavy atom. The number of hydrogen-bond acceptors (Lipinski definition) is 4. The highest BCUT2D eigenvalue weighted by molar-refractivity contribution is 4.97. The first-order chi connectivity index (χ1) is 5.70. The summed E-state index contributed by atoms with van der Waals surface area (Å²) in [7, 11) is 0. The van der Waals surface area contributed by atoms with Crippen molar-refractivity contribution >= 4 is 0 Å². The van der Waals surface area contributed by atoms with Crippen LogP contribution in [0.5, 0.6) is 0 Å². The SMILES string of the molecule is O[C@@H]1[C@H](O)[C@@H](O)CN2CCC[C@H]12. The Hall–Kier alpha value is -0.160. The van der Waals surface area contributed by atoms with Gasteiger partial charge in [0.1, 0.15) is 6.10 Å². The fourth-order valence-electron chi connectivity index (χ4n) is 2.27. The van der Waals surface area contributed by atoms with Gasteiger partial charge in [-0.2, -0.15) is 0 Å². The van der Waals surface area contributed by atoms with Crippen LogP contribution in [0, 0.1) is 0 Å². The van der Waals surface area contributed by atoms with Crippen molar-refractivity contribution < 1.29 is 15.3 Å². The van der Waals surface area contributed by atoms with Gasteiger partial charge in [0, 0.05) is 12.6 Å². The van der Waals surface area contributed by atoms with Gasteiger partial charge < -0.3 is 15.3 Å². The quantitative estimate of drug-likeness (QED) is 0.419. The van der Waals surface area contributed by atoms with Gasteiger partial charge in [0.05, 0.1) is 12.2 Å². The topological polar surface area (TPSA) is 63.9 Å². The third-order valence-electron chi connectivity index (χ3n) is 2.97. The van der Waals surface area contributed by atoms with Crippen LogP contribution in [0.15, 0.2) is 0 Å². The molecule has 0 aromatic rings. The molecule has 0 saturated carbocycles. The molecule has 12 heavy (non-hydrogen) atoms. The summed E-state index contributed by atoms with van der Waals surface area (Å²) in [4.78, 5) is 2.06. The molecule has 70 valence electrons. The summed E-state index contributed by atoms with van der Waals surface area (Å²) in [5.74, 6) is 0. The van der Waals surface area contributed by atoms with E-state index >= 15 is 0 Å². The average molecular weight is 173 g/mol. The highest BCUT2D eigenvalue weighted by Gasteiger charge is 2.42. The molecule has 2 rings (SSSR count). The molecule has 0 aliphatic carbocycles. The number of piperidine rings is 1. The molecule has 2 aliphatic heterocycles. The number of aliphatic hydroxyl groups is 3. The molecule has 0 bridgehead atoms. The fraction of sp³-hybridized carbons (Fsp3) is 1.00. The molecule has 0 aromatic carbocycles. The van der Waals surface area contributed by atoms with E-state index in [4.69, 9.17) is 0 Å². The summed E-state index contributed by atoms with van der Waals surface area (Å²) >= 11 is 0. The molecular weight excluding hydrogens is 158 g/mol. The molecule has 2 aliphatic rings. The van der Waals surface area contributed by atoms with Gasteiger partial charge in [-0.1, -0.05) is 0 Å². The van der Waals surface area contributed by atoms with E-state index in [1.807, 2.05) is 0 Å². The largest absolute Gasteiger partial charge is 0.389 e. The third-order valence-corrected chi connectivity index (χ3v) is 2.97. The van der Waals surface area contributed by atoms with E-state index in [2.05, 4.69) is 4.90 Å². The number of aliphatic hydroxyl groups excluding tert-OH is 3. The van der Waals surface area contributed by atoms with Crippen molar-refractivity contribution in [3.8, 4) is 0 Å². The molecule has 0 aromatic heterocycles. The fourth-order valence-corrected chi connectivity index (χ4v) is 2.27. The molecule has 0 spiro atoms. The summed E-state index contributed by atoms with van der Waals surface area (Å²) in [6.07, 6.45) is -0.513. The summed E-state index contributed by atoms with van der Waals surface area (Å²) < 4.78 is 0. The van der Waals surface area contributed by atoms with Crippen LogP contribution >= 0.6 is 0 Å². The maximum Gasteiger partial charge on any atom is 0.108 e. The van der Waals surface area contributed by atoms with Crippen LogP contribution in [-0.2, 0) is 0 Å². The van der Waals surface area contributed by atoms with Crippen LogP contribution in [0.4, 0.5) is 0 Å². The first-order valence-electron chi connectivity index (χ1n) is 4.48. The molecule has 2 fully saturated rings. The lowest BCUT2D eigenvalue weighted by atomic mass is 9.94. The number of hydrogen-bond donors (Lipinski definition) is 3. The Bertz CT molecular complexity index is 176. The van der Waals surface area contributed by atoms with Crippen LogP contribution in [-0.4, -0.2) is 57.7 Å². The van der Waals surface area contributed by atoms with Crippen molar-refractivity contribution in [1.29, 1.82) is 0 Å². The van der Waals surface area contributed by atoms with Crippen molar-refractivity contribution in [3.05, 3.63) is 0 Å². The Kier molecular flexibility index (Phi) is 2.08. The van der Waals surface area contributed by atoms with E-state index in [0.717, 1.165) is 19.4 Å². The summed E-state index contributed by atoms with van der Waals surface area (Å²) in [5, 5.41) is 28.3. The summed E-state index contributed by atoms with van der Waals surface area (Å²) in [6, 6.07) is 0.0726. The van der Waals surface area contributed by atoms with Gasteiger partial charge in [-0.05, 0) is 19.4 Å². The van der Waals surface area contributed by atoms with Gasteiger partial charge in [-0.25, -0.2) is 0 Å². The lowest BCUT2D eigenvalue weighted by Gasteiger charge is -2.39. The van der Waals surface area contributed by atoms with E-state index in [0.29, 0.717) is 6.54 Å². The summed E-state index contributed by atoms with van der Waals surface area (Å²) in [6.45, 7) is 1.44. The first-order valence-corrected chi connectivity index (χ1v) is 4.48. The van der Waals surface area contributed by atoms with E-state index in [-0.39, 0.29) is 6.04 Å². The van der Waals surface area contributed by atoms with E-state index in [9.17, 15) is 15.3 Å². The minimum atomic E-state index is -0.954. The molecule has 2 heterocycles. The Labute approximate surface area is 71.4 Å². The second-order valence-electron chi connectivity index (χ2n) is 3.75. The maximum atomic E-state index is 9.57. The Balaban J connectivity index is 2.10. The zero-order chi connectivity index (χ0) is 8.72. The van der Waals surface area contributed by atoms with Gasteiger partial charge in [-0.3, -0.25) is 4.90 Å². The van der Waals surface area contributed by atoms with Crippen molar-refractivity contribution in [3.63, 3.8) is 0 Å². The maximum absolute atomic E-state index is 9.57. The molecule has 0 radical (unpaired) electrons. The zero-order valence-electron chi connectivity index (χ0n) is 6.93. The van der Waals surface area contributed by atoms with Crippen LogP contribution in [0.2, 0.25) is 0 Å². The van der Waals surface area contributed by atoms with Crippen molar-refractivity contribution in [1.82, 2.24) is 4.90 Å². The highest BCUT2D eigenvalue weighted by Crippen LogP contribution is 2.27. The minimum absolute atomic E-state index is 0.0726.